The predicted octanol–water partition coefficient (Wildman–Crippen LogP) is 1.73. The van der Waals surface area contributed by atoms with Crippen LogP contribution in [0, 0.1) is 6.92 Å². The van der Waals surface area contributed by atoms with Gasteiger partial charge in [0.25, 0.3) is 0 Å². The third-order valence-corrected chi connectivity index (χ3v) is 5.55. The van der Waals surface area contributed by atoms with Crippen LogP contribution in [0.2, 0.25) is 0 Å². The molecule has 0 amide bonds. The fourth-order valence-electron chi connectivity index (χ4n) is 3.76. The second-order valence-corrected chi connectivity index (χ2v) is 8.04. The minimum absolute atomic E-state index is 0.321. The van der Waals surface area contributed by atoms with E-state index in [0.29, 0.717) is 13.2 Å². The highest BCUT2D eigenvalue weighted by atomic mass is 16.5. The number of aryl methyl sites for hydroxylation is 1. The first-order chi connectivity index (χ1) is 14.0. The first-order valence-corrected chi connectivity index (χ1v) is 10.6. The van der Waals surface area contributed by atoms with E-state index in [4.69, 9.17) is 4.74 Å². The molecule has 160 valence electrons. The molecule has 0 unspecified atom stereocenters. The number of hydrogen-bond donors (Lipinski definition) is 2. The molecule has 0 saturated carbocycles. The Morgan fingerprint density at radius 2 is 1.97 bits per heavy atom. The molecule has 0 radical (unpaired) electrons. The van der Waals surface area contributed by atoms with Gasteiger partial charge in [0.05, 0.1) is 6.20 Å². The van der Waals surface area contributed by atoms with Crippen molar-refractivity contribution in [2.45, 2.75) is 33.0 Å². The summed E-state index contributed by atoms with van der Waals surface area (Å²) in [5.74, 6) is 0.810. The van der Waals surface area contributed by atoms with Crippen molar-refractivity contribution in [3.63, 3.8) is 0 Å². The van der Waals surface area contributed by atoms with Crippen molar-refractivity contribution < 1.29 is 9.84 Å². The van der Waals surface area contributed by atoms with Crippen molar-refractivity contribution in [1.29, 1.82) is 0 Å². The molecule has 0 spiro atoms. The molecule has 1 aliphatic rings. The van der Waals surface area contributed by atoms with E-state index in [2.05, 4.69) is 51.0 Å². The van der Waals surface area contributed by atoms with Crippen LogP contribution < -0.4 is 4.74 Å². The van der Waals surface area contributed by atoms with Crippen LogP contribution in [0.5, 0.6) is 5.75 Å². The summed E-state index contributed by atoms with van der Waals surface area (Å²) < 4.78 is 5.88. The van der Waals surface area contributed by atoms with Gasteiger partial charge in [0.15, 0.2) is 0 Å². The van der Waals surface area contributed by atoms with Gasteiger partial charge in [-0.05, 0) is 38.2 Å². The maximum Gasteiger partial charge on any atom is 0.119 e. The highest BCUT2D eigenvalue weighted by Gasteiger charge is 2.18. The summed E-state index contributed by atoms with van der Waals surface area (Å²) in [6.45, 7) is 12.2. The number of likely N-dealkylation sites (N-methyl/N-ethyl adjacent to an activating group) is 1. The van der Waals surface area contributed by atoms with Crippen LogP contribution in [-0.4, -0.2) is 89.0 Å². The Bertz CT molecular complexity index is 742. The van der Waals surface area contributed by atoms with Gasteiger partial charge in [0, 0.05) is 57.1 Å². The van der Waals surface area contributed by atoms with Crippen LogP contribution in [0.15, 0.2) is 30.5 Å². The summed E-state index contributed by atoms with van der Waals surface area (Å²) in [5, 5.41) is 17.4. The maximum atomic E-state index is 10.4. The summed E-state index contributed by atoms with van der Waals surface area (Å²) in [6.07, 6.45) is 1.41. The van der Waals surface area contributed by atoms with E-state index >= 15 is 0 Å². The van der Waals surface area contributed by atoms with Crippen molar-refractivity contribution in [2.75, 3.05) is 52.9 Å². The smallest absolute Gasteiger partial charge is 0.119 e. The number of β-amino-alcohol motifs (C(OH)–C–C–N with tert-alkyl or cyclic N) is 1. The van der Waals surface area contributed by atoms with Crippen molar-refractivity contribution in [1.82, 2.24) is 24.9 Å². The van der Waals surface area contributed by atoms with Crippen LogP contribution in [0.1, 0.15) is 23.7 Å². The van der Waals surface area contributed by atoms with Crippen LogP contribution >= 0.6 is 0 Å². The highest BCUT2D eigenvalue weighted by molar-refractivity contribution is 5.28. The Balaban J connectivity index is 1.42. The third kappa shape index (κ3) is 6.82. The van der Waals surface area contributed by atoms with E-state index in [1.807, 2.05) is 25.3 Å². The van der Waals surface area contributed by atoms with Crippen LogP contribution in [0.4, 0.5) is 0 Å². The molecule has 1 aliphatic heterocycles. The molecule has 1 atom stereocenters. The molecule has 1 fully saturated rings. The van der Waals surface area contributed by atoms with E-state index < -0.39 is 6.10 Å². The van der Waals surface area contributed by atoms with Crippen LogP contribution in [0.25, 0.3) is 0 Å². The molecule has 0 aliphatic carbocycles. The Hall–Kier alpha value is -1.93. The topological polar surface area (TPSA) is 67.9 Å². The van der Waals surface area contributed by atoms with Crippen molar-refractivity contribution in [3.05, 3.63) is 47.3 Å². The van der Waals surface area contributed by atoms with E-state index in [-0.39, 0.29) is 0 Å². The molecular weight excluding hydrogens is 366 g/mol. The number of nitrogens with one attached hydrogen (secondary N) is 1. The number of aliphatic hydroxyl groups is 1. The summed E-state index contributed by atoms with van der Waals surface area (Å²) >= 11 is 0. The van der Waals surface area contributed by atoms with Gasteiger partial charge >= 0.3 is 0 Å². The quantitative estimate of drug-likeness (QED) is 0.632. The minimum atomic E-state index is -0.474. The summed E-state index contributed by atoms with van der Waals surface area (Å²) in [4.78, 5) is 7.01. The lowest BCUT2D eigenvalue weighted by Gasteiger charge is -2.34. The number of aromatic nitrogens is 2. The lowest BCUT2D eigenvalue weighted by molar-refractivity contribution is 0.0470. The Morgan fingerprint density at radius 1 is 1.21 bits per heavy atom. The molecule has 1 saturated heterocycles. The molecule has 2 aromatic rings. The number of aromatic amines is 1. The van der Waals surface area contributed by atoms with Crippen molar-refractivity contribution in [2.24, 2.45) is 0 Å². The van der Waals surface area contributed by atoms with Gasteiger partial charge in [-0.25, -0.2) is 0 Å². The number of ether oxygens (including phenoxy) is 1. The third-order valence-electron chi connectivity index (χ3n) is 5.55. The number of hydrogen-bond acceptors (Lipinski definition) is 6. The number of aliphatic hydroxyl groups excluding tert-OH is 1. The van der Waals surface area contributed by atoms with E-state index in [1.165, 1.54) is 11.1 Å². The Kier molecular flexibility index (Phi) is 8.06. The van der Waals surface area contributed by atoms with Gasteiger partial charge in [0.2, 0.25) is 0 Å². The van der Waals surface area contributed by atoms with Gasteiger partial charge in [-0.15, -0.1) is 0 Å². The molecule has 2 N–H and O–H groups in total. The second-order valence-electron chi connectivity index (χ2n) is 8.04. The van der Waals surface area contributed by atoms with E-state index in [0.717, 1.165) is 57.3 Å². The lowest BCUT2D eigenvalue weighted by atomic mass is 10.2. The first kappa shape index (κ1) is 21.8. The normalized spacial score (nSPS) is 17.0. The van der Waals surface area contributed by atoms with Gasteiger partial charge in [-0.3, -0.25) is 14.9 Å². The lowest BCUT2D eigenvalue weighted by Crippen LogP contribution is -2.49. The zero-order valence-electron chi connectivity index (χ0n) is 18.0. The molecule has 3 rings (SSSR count). The van der Waals surface area contributed by atoms with Crippen molar-refractivity contribution >= 4 is 0 Å². The fourth-order valence-corrected chi connectivity index (χ4v) is 3.76. The average Bonchev–Trinajstić information content (AvgIpc) is 3.11. The zero-order valence-corrected chi connectivity index (χ0v) is 18.0. The van der Waals surface area contributed by atoms with Gasteiger partial charge < -0.3 is 14.7 Å². The molecule has 7 heteroatoms. The Labute approximate surface area is 174 Å². The number of nitrogens with zero attached hydrogens (tertiary/aromatic N) is 4. The van der Waals surface area contributed by atoms with E-state index in [1.54, 1.807) is 0 Å². The Morgan fingerprint density at radius 3 is 2.66 bits per heavy atom. The summed E-state index contributed by atoms with van der Waals surface area (Å²) in [5.41, 5.74) is 3.51. The van der Waals surface area contributed by atoms with Gasteiger partial charge in [-0.1, -0.05) is 19.1 Å². The number of H-pyrrole nitrogens is 1. The van der Waals surface area contributed by atoms with Gasteiger partial charge in [0.1, 0.15) is 18.5 Å². The molecule has 29 heavy (non-hydrogen) atoms. The van der Waals surface area contributed by atoms with Crippen LogP contribution in [-0.2, 0) is 13.1 Å². The average molecular weight is 402 g/mol. The minimum Gasteiger partial charge on any atom is -0.491 e. The number of rotatable bonds is 10. The molecule has 0 bridgehead atoms. The van der Waals surface area contributed by atoms with Gasteiger partial charge in [-0.2, -0.15) is 5.10 Å². The SMILES string of the molecule is CCN1CCN(C[C@@H](O)COc2cccc(CN(C)Cc3cn[nH]c3C)c2)CC1. The molecule has 7 nitrogen and oxygen atoms in total. The van der Waals surface area contributed by atoms with Crippen molar-refractivity contribution in [3.8, 4) is 5.75 Å². The number of piperazine rings is 1. The van der Waals surface area contributed by atoms with Crippen LogP contribution in [0.3, 0.4) is 0 Å². The number of benzene rings is 1. The second kappa shape index (κ2) is 10.7. The molecule has 1 aromatic carbocycles. The maximum absolute atomic E-state index is 10.4. The standard InChI is InChI=1S/C22H35N5O2/c1-4-26-8-10-27(11-9-26)16-21(28)17-29-22-7-5-6-19(12-22)14-25(3)15-20-13-23-24-18(20)2/h5-7,12-13,21,28H,4,8-11,14-17H2,1-3H3,(H,23,24)/t21-/m1/s1. The first-order valence-electron chi connectivity index (χ1n) is 10.6. The largest absolute Gasteiger partial charge is 0.491 e. The molecular formula is C22H35N5O2. The van der Waals surface area contributed by atoms with E-state index in [9.17, 15) is 5.11 Å². The molecule has 1 aromatic heterocycles. The zero-order chi connectivity index (χ0) is 20.6. The predicted molar refractivity (Wildman–Crippen MR) is 115 cm³/mol. The summed E-state index contributed by atoms with van der Waals surface area (Å²) in [7, 11) is 2.10. The monoisotopic (exact) mass is 401 g/mol. The molecule has 2 heterocycles. The highest BCUT2D eigenvalue weighted by Crippen LogP contribution is 2.16. The summed E-state index contributed by atoms with van der Waals surface area (Å²) in [6, 6.07) is 8.13. The fraction of sp³-hybridized carbons (Fsp3) is 0.591.